The van der Waals surface area contributed by atoms with Crippen LogP contribution in [0.1, 0.15) is 6.42 Å². The van der Waals surface area contributed by atoms with Crippen molar-refractivity contribution >= 4 is 17.6 Å². The number of hydrogen-bond donors (Lipinski definition) is 1. The number of aliphatic carboxylic acids is 1. The van der Waals surface area contributed by atoms with Gasteiger partial charge in [0.2, 0.25) is 5.91 Å². The standard InChI is InChI=1S/C9H12N4O5/c1-11(6-9(15)16)8(14)2-3-12-5-7(4-10-12)13(17)18/h4-5H,2-3,6H2,1H3,(H,15,16). The minimum atomic E-state index is -1.10. The summed E-state index contributed by atoms with van der Waals surface area (Å²) in [4.78, 5) is 32.7. The molecule has 9 heteroatoms. The normalized spacial score (nSPS) is 10.1. The lowest BCUT2D eigenvalue weighted by atomic mass is 10.3. The molecule has 0 fully saturated rings. The Labute approximate surface area is 102 Å². The second-order valence-corrected chi connectivity index (χ2v) is 3.61. The van der Waals surface area contributed by atoms with E-state index in [9.17, 15) is 19.7 Å². The van der Waals surface area contributed by atoms with Gasteiger partial charge in [0.25, 0.3) is 0 Å². The minimum absolute atomic E-state index is 0.0304. The van der Waals surface area contributed by atoms with Crippen molar-refractivity contribution in [1.82, 2.24) is 14.7 Å². The summed E-state index contributed by atoms with van der Waals surface area (Å²) < 4.78 is 1.27. The molecule has 0 spiro atoms. The molecule has 0 saturated heterocycles. The van der Waals surface area contributed by atoms with Crippen LogP contribution in [0.25, 0.3) is 0 Å². The molecule has 0 radical (unpaired) electrons. The number of likely N-dealkylation sites (N-methyl/N-ethyl adjacent to an activating group) is 1. The fourth-order valence-corrected chi connectivity index (χ4v) is 1.26. The number of amides is 1. The molecule has 1 amide bonds. The molecule has 18 heavy (non-hydrogen) atoms. The molecule has 0 saturated carbocycles. The Morgan fingerprint density at radius 3 is 2.78 bits per heavy atom. The lowest BCUT2D eigenvalue weighted by molar-refractivity contribution is -0.385. The van der Waals surface area contributed by atoms with Gasteiger partial charge in [-0.15, -0.1) is 0 Å². The van der Waals surface area contributed by atoms with Gasteiger partial charge in [-0.05, 0) is 0 Å². The van der Waals surface area contributed by atoms with Crippen LogP contribution < -0.4 is 0 Å². The lowest BCUT2D eigenvalue weighted by Crippen LogP contribution is -2.32. The van der Waals surface area contributed by atoms with E-state index in [2.05, 4.69) is 5.10 Å². The number of hydrogen-bond acceptors (Lipinski definition) is 5. The molecule has 1 N–H and O–H groups in total. The van der Waals surface area contributed by atoms with Crippen molar-refractivity contribution in [2.24, 2.45) is 0 Å². The van der Waals surface area contributed by atoms with Gasteiger partial charge in [-0.3, -0.25) is 24.4 Å². The molecule has 1 aromatic rings. The predicted molar refractivity (Wildman–Crippen MR) is 58.8 cm³/mol. The minimum Gasteiger partial charge on any atom is -0.480 e. The first-order valence-corrected chi connectivity index (χ1v) is 5.02. The van der Waals surface area contributed by atoms with Gasteiger partial charge in [0.1, 0.15) is 18.9 Å². The van der Waals surface area contributed by atoms with Gasteiger partial charge < -0.3 is 10.0 Å². The van der Waals surface area contributed by atoms with E-state index in [-0.39, 0.29) is 31.1 Å². The van der Waals surface area contributed by atoms with E-state index in [1.54, 1.807) is 0 Å². The number of carbonyl (C=O) groups is 2. The number of rotatable bonds is 6. The van der Waals surface area contributed by atoms with Gasteiger partial charge in [-0.1, -0.05) is 0 Å². The quantitative estimate of drug-likeness (QED) is 0.552. The van der Waals surface area contributed by atoms with Gasteiger partial charge in [-0.2, -0.15) is 5.10 Å². The van der Waals surface area contributed by atoms with Crippen LogP contribution in [-0.2, 0) is 16.1 Å². The molecule has 0 bridgehead atoms. The summed E-state index contributed by atoms with van der Waals surface area (Å²) in [5, 5.41) is 22.6. The van der Waals surface area contributed by atoms with E-state index < -0.39 is 10.9 Å². The largest absolute Gasteiger partial charge is 0.480 e. The van der Waals surface area contributed by atoms with Crippen LogP contribution in [0.15, 0.2) is 12.4 Å². The third kappa shape index (κ3) is 3.85. The molecule has 1 heterocycles. The van der Waals surface area contributed by atoms with Crippen LogP contribution in [0.4, 0.5) is 5.69 Å². The van der Waals surface area contributed by atoms with Crippen molar-refractivity contribution in [3.8, 4) is 0 Å². The van der Waals surface area contributed by atoms with Crippen LogP contribution in [0.3, 0.4) is 0 Å². The molecule has 1 aromatic heterocycles. The highest BCUT2D eigenvalue weighted by atomic mass is 16.6. The Morgan fingerprint density at radius 1 is 1.61 bits per heavy atom. The first-order valence-electron chi connectivity index (χ1n) is 5.02. The van der Waals surface area contributed by atoms with Crippen molar-refractivity contribution < 1.29 is 19.6 Å². The molecule has 9 nitrogen and oxygen atoms in total. The van der Waals surface area contributed by atoms with E-state index in [0.29, 0.717) is 0 Å². The average molecular weight is 256 g/mol. The Hall–Kier alpha value is -2.45. The van der Waals surface area contributed by atoms with Crippen LogP contribution in [0.2, 0.25) is 0 Å². The number of nitrogens with zero attached hydrogens (tertiary/aromatic N) is 4. The third-order valence-corrected chi connectivity index (χ3v) is 2.18. The van der Waals surface area contributed by atoms with Crippen molar-refractivity contribution in [1.29, 1.82) is 0 Å². The zero-order chi connectivity index (χ0) is 13.7. The van der Waals surface area contributed by atoms with Crippen molar-refractivity contribution in [3.05, 3.63) is 22.5 Å². The zero-order valence-corrected chi connectivity index (χ0v) is 9.65. The molecule has 98 valence electrons. The number of aromatic nitrogens is 2. The molecular weight excluding hydrogens is 244 g/mol. The number of aryl methyl sites for hydroxylation is 1. The second-order valence-electron chi connectivity index (χ2n) is 3.61. The summed E-state index contributed by atoms with van der Waals surface area (Å²) in [6.07, 6.45) is 2.33. The Bertz CT molecular complexity index is 469. The Kier molecular flexibility index (Phi) is 4.35. The fourth-order valence-electron chi connectivity index (χ4n) is 1.26. The first kappa shape index (κ1) is 13.6. The van der Waals surface area contributed by atoms with Gasteiger partial charge in [-0.25, -0.2) is 0 Å². The number of carboxylic acid groups (broad SMARTS) is 1. The van der Waals surface area contributed by atoms with E-state index in [0.717, 1.165) is 11.1 Å². The smallest absolute Gasteiger partial charge is 0.323 e. The van der Waals surface area contributed by atoms with Gasteiger partial charge in [0.15, 0.2) is 0 Å². The summed E-state index contributed by atoms with van der Waals surface area (Å²) in [6, 6.07) is 0. The third-order valence-electron chi connectivity index (χ3n) is 2.18. The summed E-state index contributed by atoms with van der Waals surface area (Å²) in [7, 11) is 1.38. The van der Waals surface area contributed by atoms with Crippen molar-refractivity contribution in [3.63, 3.8) is 0 Å². The molecular formula is C9H12N4O5. The van der Waals surface area contributed by atoms with Gasteiger partial charge in [0.05, 0.1) is 4.92 Å². The lowest BCUT2D eigenvalue weighted by Gasteiger charge is -2.13. The summed E-state index contributed by atoms with van der Waals surface area (Å²) in [5.41, 5.74) is -0.152. The van der Waals surface area contributed by atoms with Crippen LogP contribution in [0.5, 0.6) is 0 Å². The zero-order valence-electron chi connectivity index (χ0n) is 9.65. The summed E-state index contributed by atoms with van der Waals surface area (Å²) >= 11 is 0. The second kappa shape index (κ2) is 5.75. The molecule has 0 aromatic carbocycles. The fraction of sp³-hybridized carbons (Fsp3) is 0.444. The van der Waals surface area contributed by atoms with E-state index in [1.807, 2.05) is 0 Å². The Morgan fingerprint density at radius 2 is 2.28 bits per heavy atom. The molecule has 0 aliphatic heterocycles. The highest BCUT2D eigenvalue weighted by molar-refractivity contribution is 5.80. The molecule has 0 atom stereocenters. The monoisotopic (exact) mass is 256 g/mol. The predicted octanol–water partition coefficient (Wildman–Crippen LogP) is -0.276. The van der Waals surface area contributed by atoms with Crippen LogP contribution in [-0.4, -0.2) is 50.2 Å². The van der Waals surface area contributed by atoms with Crippen molar-refractivity contribution in [2.45, 2.75) is 13.0 Å². The maximum absolute atomic E-state index is 11.5. The van der Waals surface area contributed by atoms with Crippen molar-refractivity contribution in [2.75, 3.05) is 13.6 Å². The summed E-state index contributed by atoms with van der Waals surface area (Å²) in [5.74, 6) is -1.46. The van der Waals surface area contributed by atoms with E-state index in [1.165, 1.54) is 17.9 Å². The number of carboxylic acids is 1. The summed E-state index contributed by atoms with van der Waals surface area (Å²) in [6.45, 7) is -0.214. The Balaban J connectivity index is 2.46. The van der Waals surface area contributed by atoms with E-state index in [4.69, 9.17) is 5.11 Å². The van der Waals surface area contributed by atoms with E-state index >= 15 is 0 Å². The SMILES string of the molecule is CN(CC(=O)O)C(=O)CCn1cc([N+](=O)[O-])cn1. The molecule has 0 aliphatic rings. The van der Waals surface area contributed by atoms with Crippen LogP contribution in [0, 0.1) is 10.1 Å². The molecule has 0 unspecified atom stereocenters. The average Bonchev–Trinajstić information content (AvgIpc) is 2.73. The molecule has 0 aliphatic carbocycles. The first-order chi connectivity index (χ1) is 8.40. The number of carbonyl (C=O) groups excluding carboxylic acids is 1. The maximum atomic E-state index is 11.5. The topological polar surface area (TPSA) is 119 Å². The van der Waals surface area contributed by atoms with Gasteiger partial charge >= 0.3 is 11.7 Å². The maximum Gasteiger partial charge on any atom is 0.323 e. The number of nitro groups is 1. The molecule has 1 rings (SSSR count). The van der Waals surface area contributed by atoms with Gasteiger partial charge in [0, 0.05) is 20.0 Å². The highest BCUT2D eigenvalue weighted by Gasteiger charge is 2.13. The highest BCUT2D eigenvalue weighted by Crippen LogP contribution is 2.08. The van der Waals surface area contributed by atoms with Crippen LogP contribution >= 0.6 is 0 Å².